The molecule has 0 aliphatic rings. The van der Waals surface area contributed by atoms with Gasteiger partial charge in [-0.3, -0.25) is 4.79 Å². The number of hydrogen-bond donors (Lipinski definition) is 1. The van der Waals surface area contributed by atoms with Gasteiger partial charge in [0.05, 0.1) is 24.4 Å². The Morgan fingerprint density at radius 2 is 2.00 bits per heavy atom. The number of carbonyl (C=O) groups is 2. The van der Waals surface area contributed by atoms with E-state index in [9.17, 15) is 18.0 Å². The summed E-state index contributed by atoms with van der Waals surface area (Å²) in [6, 6.07) is 5.11. The third kappa shape index (κ3) is 9.51. The van der Waals surface area contributed by atoms with Crippen molar-refractivity contribution in [1.82, 2.24) is 5.32 Å². The number of esters is 1. The lowest BCUT2D eigenvalue weighted by Gasteiger charge is -2.12. The molecule has 0 bridgehead atoms. The highest BCUT2D eigenvalue weighted by Crippen LogP contribution is 2.24. The number of ether oxygens (including phenoxy) is 2. The minimum absolute atomic E-state index is 0.0181. The van der Waals surface area contributed by atoms with Gasteiger partial charge in [-0.25, -0.2) is 13.2 Å². The fourth-order valence-electron chi connectivity index (χ4n) is 1.59. The topological polar surface area (TPSA) is 98.8 Å². The monoisotopic (exact) mass is 423 g/mol. The Bertz CT molecular complexity index is 647. The molecular formula is C15H22BrNO6S. The summed E-state index contributed by atoms with van der Waals surface area (Å²) in [6.45, 7) is 2.04. The van der Waals surface area contributed by atoms with Crippen LogP contribution < -0.4 is 10.1 Å². The van der Waals surface area contributed by atoms with Gasteiger partial charge in [-0.1, -0.05) is 6.07 Å². The lowest BCUT2D eigenvalue weighted by molar-refractivity contribution is -0.144. The van der Waals surface area contributed by atoms with Crippen molar-refractivity contribution in [2.75, 3.05) is 26.2 Å². The summed E-state index contributed by atoms with van der Waals surface area (Å²) >= 11 is 3.37. The number of rotatable bonds is 7. The molecule has 1 aromatic carbocycles. The zero-order chi connectivity index (χ0) is 18.8. The van der Waals surface area contributed by atoms with Crippen molar-refractivity contribution in [3.8, 4) is 5.75 Å². The third-order valence-corrected chi connectivity index (χ3v) is 4.47. The van der Waals surface area contributed by atoms with Crippen molar-refractivity contribution >= 4 is 38.1 Å². The van der Waals surface area contributed by atoms with Gasteiger partial charge < -0.3 is 14.8 Å². The molecule has 0 saturated heterocycles. The molecule has 1 aromatic rings. The number of carbonyl (C=O) groups excluding carboxylic acids is 2. The Balaban J connectivity index is 0.000000463. The average Bonchev–Trinajstić information content (AvgIpc) is 2.52. The van der Waals surface area contributed by atoms with Crippen LogP contribution in [0.15, 0.2) is 22.7 Å². The van der Waals surface area contributed by atoms with Crippen LogP contribution in [0.2, 0.25) is 0 Å². The minimum atomic E-state index is -3.14. The van der Waals surface area contributed by atoms with E-state index in [-0.39, 0.29) is 12.2 Å². The first-order valence-electron chi connectivity index (χ1n) is 6.90. The minimum Gasteiger partial charge on any atom is -0.496 e. The van der Waals surface area contributed by atoms with Gasteiger partial charge in [0.15, 0.2) is 0 Å². The molecule has 0 saturated carbocycles. The van der Waals surface area contributed by atoms with E-state index >= 15 is 0 Å². The Morgan fingerprint density at radius 1 is 1.38 bits per heavy atom. The van der Waals surface area contributed by atoms with Crippen molar-refractivity contribution in [2.24, 2.45) is 0 Å². The highest BCUT2D eigenvalue weighted by Gasteiger charge is 2.19. The average molecular weight is 424 g/mol. The molecule has 136 valence electrons. The summed E-state index contributed by atoms with van der Waals surface area (Å²) in [4.78, 5) is 21.1. The summed E-state index contributed by atoms with van der Waals surface area (Å²) in [5, 5.41) is 2.19. The number of sulfone groups is 1. The summed E-state index contributed by atoms with van der Waals surface area (Å²) < 4.78 is 32.0. The van der Waals surface area contributed by atoms with Crippen LogP contribution in [-0.2, 0) is 24.2 Å². The van der Waals surface area contributed by atoms with E-state index in [0.29, 0.717) is 6.41 Å². The predicted molar refractivity (Wildman–Crippen MR) is 94.8 cm³/mol. The van der Waals surface area contributed by atoms with Crippen molar-refractivity contribution in [3.63, 3.8) is 0 Å². The molecule has 0 fully saturated rings. The predicted octanol–water partition coefficient (Wildman–Crippen LogP) is 1.47. The van der Waals surface area contributed by atoms with E-state index < -0.39 is 21.8 Å². The fraction of sp³-hybridized carbons (Fsp3) is 0.467. The zero-order valence-corrected chi connectivity index (χ0v) is 16.4. The van der Waals surface area contributed by atoms with Crippen LogP contribution in [-0.4, -0.2) is 53.1 Å². The maximum Gasteiger partial charge on any atom is 0.328 e. The molecule has 0 aliphatic heterocycles. The van der Waals surface area contributed by atoms with E-state index in [1.165, 1.54) is 12.7 Å². The van der Waals surface area contributed by atoms with Crippen LogP contribution in [0.5, 0.6) is 5.75 Å². The summed E-state index contributed by atoms with van der Waals surface area (Å²) in [5.74, 6) is 0.0638. The molecular weight excluding hydrogens is 402 g/mol. The summed E-state index contributed by atoms with van der Waals surface area (Å²) in [5.41, 5.74) is 1.21. The molecule has 9 heteroatoms. The van der Waals surface area contributed by atoms with E-state index in [4.69, 9.17) is 4.74 Å². The van der Waals surface area contributed by atoms with Gasteiger partial charge in [0.25, 0.3) is 0 Å². The van der Waals surface area contributed by atoms with E-state index in [1.54, 1.807) is 7.11 Å². The van der Waals surface area contributed by atoms with Gasteiger partial charge in [-0.05, 0) is 47.0 Å². The molecule has 24 heavy (non-hydrogen) atoms. The second kappa shape index (κ2) is 11.0. The van der Waals surface area contributed by atoms with Crippen molar-refractivity contribution < 1.29 is 27.5 Å². The lowest BCUT2D eigenvalue weighted by Crippen LogP contribution is -2.38. The largest absolute Gasteiger partial charge is 0.496 e. The Hall–Kier alpha value is -1.61. The zero-order valence-electron chi connectivity index (χ0n) is 14.0. The van der Waals surface area contributed by atoms with Crippen molar-refractivity contribution in [3.05, 3.63) is 28.2 Å². The number of nitrogens with one attached hydrogen (secondary N) is 1. The Kier molecular flexibility index (Phi) is 10.3. The SMILES string of the molecule is COC(=O)[C@H](CCS(C)(=O)=O)NC=O.COc1cc(C)ccc1Br. The van der Waals surface area contributed by atoms with Crippen molar-refractivity contribution in [2.45, 2.75) is 19.4 Å². The molecule has 0 heterocycles. The van der Waals surface area contributed by atoms with Gasteiger partial charge >= 0.3 is 5.97 Å². The first kappa shape index (κ1) is 22.4. The molecule has 1 rings (SSSR count). The molecule has 0 aromatic heterocycles. The van der Waals surface area contributed by atoms with Crippen molar-refractivity contribution in [1.29, 1.82) is 0 Å². The van der Waals surface area contributed by atoms with E-state index in [1.807, 2.05) is 25.1 Å². The molecule has 0 unspecified atom stereocenters. The van der Waals surface area contributed by atoms with Crippen LogP contribution in [0.25, 0.3) is 0 Å². The van der Waals surface area contributed by atoms with E-state index in [0.717, 1.165) is 16.5 Å². The van der Waals surface area contributed by atoms with Gasteiger partial charge in [-0.15, -0.1) is 0 Å². The van der Waals surface area contributed by atoms with E-state index in [2.05, 4.69) is 26.0 Å². The van der Waals surface area contributed by atoms with Gasteiger partial charge in [0.1, 0.15) is 21.6 Å². The molecule has 1 atom stereocenters. The van der Waals surface area contributed by atoms with Crippen LogP contribution in [0.3, 0.4) is 0 Å². The molecule has 7 nitrogen and oxygen atoms in total. The quantitative estimate of drug-likeness (QED) is 0.526. The highest BCUT2D eigenvalue weighted by molar-refractivity contribution is 9.10. The maximum atomic E-state index is 11.0. The highest BCUT2D eigenvalue weighted by atomic mass is 79.9. The molecule has 1 amide bonds. The number of halogens is 1. The van der Waals surface area contributed by atoms with Crippen LogP contribution in [0.4, 0.5) is 0 Å². The number of benzene rings is 1. The Morgan fingerprint density at radius 3 is 2.42 bits per heavy atom. The lowest BCUT2D eigenvalue weighted by atomic mass is 10.2. The van der Waals surface area contributed by atoms with Gasteiger partial charge in [0.2, 0.25) is 6.41 Å². The number of methoxy groups -OCH3 is 2. The number of hydrogen-bond acceptors (Lipinski definition) is 6. The molecule has 1 N–H and O–H groups in total. The van der Waals surface area contributed by atoms with Crippen LogP contribution in [0.1, 0.15) is 12.0 Å². The summed E-state index contributed by atoms with van der Waals surface area (Å²) in [6.07, 6.45) is 1.41. The maximum absolute atomic E-state index is 11.0. The molecule has 0 radical (unpaired) electrons. The Labute approximate surface area is 150 Å². The first-order valence-corrected chi connectivity index (χ1v) is 9.75. The standard InChI is InChI=1S/C8H9BrO.C7H13NO5S/c1-6-3-4-7(9)8(5-6)10-2;1-13-7(10)6(8-5-9)3-4-14(2,11)12/h3-5H,1-2H3;5-6H,3-4H2,1-2H3,(H,8,9)/t;6-/m.0/s1. The smallest absolute Gasteiger partial charge is 0.328 e. The van der Waals surface area contributed by atoms with Gasteiger partial charge in [0, 0.05) is 6.26 Å². The number of aryl methyl sites for hydroxylation is 1. The second-order valence-corrected chi connectivity index (χ2v) is 8.03. The first-order chi connectivity index (χ1) is 11.1. The molecule has 0 aliphatic carbocycles. The van der Waals surface area contributed by atoms with Crippen LogP contribution >= 0.6 is 15.9 Å². The van der Waals surface area contributed by atoms with Crippen LogP contribution in [0, 0.1) is 6.92 Å². The third-order valence-electron chi connectivity index (χ3n) is 2.84. The van der Waals surface area contributed by atoms with Gasteiger partial charge in [-0.2, -0.15) is 0 Å². The molecule has 0 spiro atoms. The fourth-order valence-corrected chi connectivity index (χ4v) is 2.66. The second-order valence-electron chi connectivity index (χ2n) is 4.92. The number of amides is 1. The normalized spacial score (nSPS) is 11.5. The summed E-state index contributed by atoms with van der Waals surface area (Å²) in [7, 11) is -0.308.